The van der Waals surface area contributed by atoms with Crippen molar-refractivity contribution in [3.63, 3.8) is 0 Å². The largest absolute Gasteiger partial charge is 0.329 e. The number of halogens is 2. The molecule has 3 rings (SSSR count). The third-order valence-electron chi connectivity index (χ3n) is 3.29. The molecule has 1 heterocycles. The van der Waals surface area contributed by atoms with Crippen LogP contribution in [0.2, 0.25) is 0 Å². The Morgan fingerprint density at radius 3 is 2.79 bits per heavy atom. The van der Waals surface area contributed by atoms with Gasteiger partial charge in [-0.15, -0.1) is 0 Å². The molecular formula is C17H13BrFN3OS. The SMILES string of the molecule is Cn1ccnc1Sc1ccc(F)cc1NC(=O)c1ccccc1Br. The number of aryl methyl sites for hydroxylation is 1. The number of hydrogen-bond acceptors (Lipinski definition) is 3. The van der Waals surface area contributed by atoms with E-state index in [-0.39, 0.29) is 5.91 Å². The van der Waals surface area contributed by atoms with Gasteiger partial charge < -0.3 is 9.88 Å². The Bertz CT molecular complexity index is 897. The van der Waals surface area contributed by atoms with Crippen LogP contribution in [0.25, 0.3) is 0 Å². The molecule has 4 nitrogen and oxygen atoms in total. The molecule has 0 saturated carbocycles. The molecule has 1 amide bonds. The van der Waals surface area contributed by atoms with Gasteiger partial charge in [-0.05, 0) is 58.0 Å². The smallest absolute Gasteiger partial charge is 0.256 e. The maximum Gasteiger partial charge on any atom is 0.256 e. The lowest BCUT2D eigenvalue weighted by molar-refractivity contribution is 0.102. The first-order valence-corrected chi connectivity index (χ1v) is 8.66. The second-order valence-corrected chi connectivity index (χ2v) is 6.86. The van der Waals surface area contributed by atoms with Crippen LogP contribution < -0.4 is 5.32 Å². The number of amides is 1. The fourth-order valence-corrected chi connectivity index (χ4v) is 3.41. The van der Waals surface area contributed by atoms with Crippen molar-refractivity contribution in [3.05, 3.63) is 70.7 Å². The first-order chi connectivity index (χ1) is 11.5. The molecule has 0 radical (unpaired) electrons. The van der Waals surface area contributed by atoms with Gasteiger partial charge >= 0.3 is 0 Å². The summed E-state index contributed by atoms with van der Waals surface area (Å²) in [6.45, 7) is 0. The van der Waals surface area contributed by atoms with E-state index < -0.39 is 5.82 Å². The molecule has 0 spiro atoms. The van der Waals surface area contributed by atoms with E-state index in [2.05, 4.69) is 26.2 Å². The van der Waals surface area contributed by atoms with E-state index in [4.69, 9.17) is 0 Å². The van der Waals surface area contributed by atoms with Crippen molar-refractivity contribution in [1.29, 1.82) is 0 Å². The summed E-state index contributed by atoms with van der Waals surface area (Å²) in [6.07, 6.45) is 3.51. The van der Waals surface area contributed by atoms with Gasteiger partial charge in [0.2, 0.25) is 0 Å². The summed E-state index contributed by atoms with van der Waals surface area (Å²) in [7, 11) is 1.87. The van der Waals surface area contributed by atoms with Crippen molar-refractivity contribution in [2.75, 3.05) is 5.32 Å². The Hall–Kier alpha value is -2.12. The summed E-state index contributed by atoms with van der Waals surface area (Å²) < 4.78 is 16.2. The van der Waals surface area contributed by atoms with Crippen molar-refractivity contribution in [2.24, 2.45) is 7.05 Å². The zero-order chi connectivity index (χ0) is 17.1. The topological polar surface area (TPSA) is 46.9 Å². The highest BCUT2D eigenvalue weighted by atomic mass is 79.9. The molecular weight excluding hydrogens is 393 g/mol. The Balaban J connectivity index is 1.90. The minimum absolute atomic E-state index is 0.310. The lowest BCUT2D eigenvalue weighted by atomic mass is 10.2. The van der Waals surface area contributed by atoms with Crippen molar-refractivity contribution in [1.82, 2.24) is 9.55 Å². The van der Waals surface area contributed by atoms with Crippen LogP contribution in [0.4, 0.5) is 10.1 Å². The molecule has 1 aromatic heterocycles. The molecule has 0 aliphatic rings. The summed E-state index contributed by atoms with van der Waals surface area (Å²) in [6, 6.07) is 11.4. The zero-order valence-electron chi connectivity index (χ0n) is 12.7. The Morgan fingerprint density at radius 2 is 2.08 bits per heavy atom. The molecule has 0 atom stereocenters. The van der Waals surface area contributed by atoms with E-state index in [0.717, 1.165) is 5.16 Å². The van der Waals surface area contributed by atoms with E-state index in [1.807, 2.05) is 23.9 Å². The number of rotatable bonds is 4. The van der Waals surface area contributed by atoms with Crippen molar-refractivity contribution in [2.45, 2.75) is 10.1 Å². The predicted octanol–water partition coefficient (Wildman–Crippen LogP) is 4.73. The number of hydrogen-bond donors (Lipinski definition) is 1. The summed E-state index contributed by atoms with van der Waals surface area (Å²) in [5.74, 6) is -0.726. The monoisotopic (exact) mass is 405 g/mol. The van der Waals surface area contributed by atoms with Gasteiger partial charge in [-0.1, -0.05) is 12.1 Å². The lowest BCUT2D eigenvalue weighted by Gasteiger charge is -2.11. The number of aromatic nitrogens is 2. The number of benzene rings is 2. The van der Waals surface area contributed by atoms with E-state index in [1.165, 1.54) is 23.9 Å². The number of carbonyl (C=O) groups is 1. The molecule has 0 fully saturated rings. The van der Waals surface area contributed by atoms with Crippen LogP contribution in [0.3, 0.4) is 0 Å². The maximum atomic E-state index is 13.6. The summed E-state index contributed by atoms with van der Waals surface area (Å²) in [5.41, 5.74) is 0.887. The normalized spacial score (nSPS) is 10.6. The van der Waals surface area contributed by atoms with Crippen LogP contribution >= 0.6 is 27.7 Å². The standard InChI is InChI=1S/C17H13BrFN3OS/c1-22-9-8-20-17(22)24-15-7-6-11(19)10-14(15)21-16(23)12-4-2-3-5-13(12)18/h2-10H,1H3,(H,21,23). The van der Waals surface area contributed by atoms with Crippen LogP contribution in [0.5, 0.6) is 0 Å². The van der Waals surface area contributed by atoms with Gasteiger partial charge in [0.1, 0.15) is 5.82 Å². The van der Waals surface area contributed by atoms with E-state index in [0.29, 0.717) is 20.6 Å². The first kappa shape index (κ1) is 16.7. The van der Waals surface area contributed by atoms with Crippen LogP contribution in [0, 0.1) is 5.82 Å². The van der Waals surface area contributed by atoms with E-state index in [9.17, 15) is 9.18 Å². The van der Waals surface area contributed by atoms with Gasteiger partial charge in [0.05, 0.1) is 11.3 Å². The van der Waals surface area contributed by atoms with Crippen LogP contribution in [0.15, 0.2) is 69.4 Å². The van der Waals surface area contributed by atoms with E-state index in [1.54, 1.807) is 30.5 Å². The van der Waals surface area contributed by atoms with Crippen molar-refractivity contribution >= 4 is 39.3 Å². The summed E-state index contributed by atoms with van der Waals surface area (Å²) in [5, 5.41) is 3.52. The highest BCUT2D eigenvalue weighted by Gasteiger charge is 2.14. The number of anilines is 1. The van der Waals surface area contributed by atoms with E-state index >= 15 is 0 Å². The fraction of sp³-hybridized carbons (Fsp3) is 0.0588. The summed E-state index contributed by atoms with van der Waals surface area (Å²) >= 11 is 4.70. The molecule has 0 aliphatic carbocycles. The minimum Gasteiger partial charge on any atom is -0.329 e. The Kier molecular flexibility index (Phi) is 5.01. The fourth-order valence-electron chi connectivity index (χ4n) is 2.07. The predicted molar refractivity (Wildman–Crippen MR) is 95.8 cm³/mol. The molecule has 122 valence electrons. The second kappa shape index (κ2) is 7.19. The van der Waals surface area contributed by atoms with Crippen LogP contribution in [-0.2, 0) is 7.05 Å². The number of nitrogens with zero attached hydrogens (tertiary/aromatic N) is 2. The van der Waals surface area contributed by atoms with Crippen molar-refractivity contribution in [3.8, 4) is 0 Å². The third-order valence-corrected chi connectivity index (χ3v) is 5.13. The Labute approximate surface area is 151 Å². The van der Waals surface area contributed by atoms with Gasteiger partial charge in [-0.25, -0.2) is 9.37 Å². The van der Waals surface area contributed by atoms with Gasteiger partial charge in [0.15, 0.2) is 5.16 Å². The zero-order valence-corrected chi connectivity index (χ0v) is 15.1. The molecule has 0 aliphatic heterocycles. The third kappa shape index (κ3) is 3.68. The average molecular weight is 406 g/mol. The highest BCUT2D eigenvalue weighted by Crippen LogP contribution is 2.33. The molecule has 3 aromatic rings. The lowest BCUT2D eigenvalue weighted by Crippen LogP contribution is -2.13. The van der Waals surface area contributed by atoms with Crippen LogP contribution in [-0.4, -0.2) is 15.5 Å². The number of imidazole rings is 1. The second-order valence-electron chi connectivity index (χ2n) is 5.00. The molecule has 0 saturated heterocycles. The molecule has 1 N–H and O–H groups in total. The molecule has 0 unspecified atom stereocenters. The van der Waals surface area contributed by atoms with Gasteiger partial charge in [-0.3, -0.25) is 4.79 Å². The average Bonchev–Trinajstić information content (AvgIpc) is 2.95. The number of nitrogens with one attached hydrogen (secondary N) is 1. The van der Waals surface area contributed by atoms with Crippen molar-refractivity contribution < 1.29 is 9.18 Å². The van der Waals surface area contributed by atoms with Crippen LogP contribution in [0.1, 0.15) is 10.4 Å². The Morgan fingerprint density at radius 1 is 1.29 bits per heavy atom. The minimum atomic E-state index is -0.415. The first-order valence-electron chi connectivity index (χ1n) is 7.05. The number of carbonyl (C=O) groups excluding carboxylic acids is 1. The molecule has 7 heteroatoms. The van der Waals surface area contributed by atoms with Gasteiger partial charge in [0, 0.05) is 28.8 Å². The van der Waals surface area contributed by atoms with Gasteiger partial charge in [-0.2, -0.15) is 0 Å². The quantitative estimate of drug-likeness (QED) is 0.682. The highest BCUT2D eigenvalue weighted by molar-refractivity contribution is 9.10. The van der Waals surface area contributed by atoms with Gasteiger partial charge in [0.25, 0.3) is 5.91 Å². The molecule has 0 bridgehead atoms. The molecule has 2 aromatic carbocycles. The maximum absolute atomic E-state index is 13.6. The summed E-state index contributed by atoms with van der Waals surface area (Å²) in [4.78, 5) is 17.4. The molecule has 24 heavy (non-hydrogen) atoms.